The molecule has 0 bridgehead atoms. The summed E-state index contributed by atoms with van der Waals surface area (Å²) >= 11 is 0. The molecular weight excluding hydrogens is 204 g/mol. The first-order valence-electron chi connectivity index (χ1n) is 3.93. The third kappa shape index (κ3) is 2.41. The van der Waals surface area contributed by atoms with Crippen LogP contribution in [0.4, 0.5) is 0 Å². The number of rotatable bonds is 2. The normalized spacial score (nSPS) is 11.4. The minimum absolute atomic E-state index is 0.0989. The maximum absolute atomic E-state index is 9.35. The molecule has 7 nitrogen and oxygen atoms in total. The van der Waals surface area contributed by atoms with E-state index < -0.39 is 11.5 Å². The zero-order valence-electron chi connectivity index (χ0n) is 7.55. The Balaban J connectivity index is 3.04. The van der Waals surface area contributed by atoms with Crippen LogP contribution in [0.15, 0.2) is 17.3 Å². The van der Waals surface area contributed by atoms with Crippen molar-refractivity contribution in [2.75, 3.05) is 0 Å². The molecule has 82 valence electrons. The molecule has 0 spiro atoms. The summed E-state index contributed by atoms with van der Waals surface area (Å²) in [4.78, 5) is 0. The standard InChI is InChI=1S/C8H10N2O5/c11-5-1-4(2-7(9-14)10-15)8(13)6(12)3-5/h1,3,11-15H,2H2,(H,9,10). The molecule has 15 heavy (non-hydrogen) atoms. The number of aromatic hydroxyl groups is 3. The summed E-state index contributed by atoms with van der Waals surface area (Å²) in [5.41, 5.74) is 1.69. The molecule has 0 radical (unpaired) electrons. The highest BCUT2D eigenvalue weighted by Crippen LogP contribution is 2.33. The maximum atomic E-state index is 9.35. The smallest absolute Gasteiger partial charge is 0.169 e. The fourth-order valence-electron chi connectivity index (χ4n) is 1.07. The number of phenols is 3. The second-order valence-electron chi connectivity index (χ2n) is 2.81. The fourth-order valence-corrected chi connectivity index (χ4v) is 1.07. The van der Waals surface area contributed by atoms with E-state index in [0.29, 0.717) is 0 Å². The van der Waals surface area contributed by atoms with Crippen LogP contribution in [0.25, 0.3) is 0 Å². The van der Waals surface area contributed by atoms with Gasteiger partial charge in [-0.05, 0) is 6.07 Å². The zero-order valence-corrected chi connectivity index (χ0v) is 7.55. The third-order valence-corrected chi connectivity index (χ3v) is 1.76. The van der Waals surface area contributed by atoms with Gasteiger partial charge in [-0.1, -0.05) is 5.16 Å². The number of hydrogen-bond acceptors (Lipinski definition) is 6. The zero-order chi connectivity index (χ0) is 11.4. The third-order valence-electron chi connectivity index (χ3n) is 1.76. The molecule has 7 heteroatoms. The molecule has 0 fully saturated rings. The number of oxime groups is 1. The van der Waals surface area contributed by atoms with E-state index in [-0.39, 0.29) is 23.6 Å². The van der Waals surface area contributed by atoms with Crippen LogP contribution in [-0.2, 0) is 6.42 Å². The van der Waals surface area contributed by atoms with Gasteiger partial charge in [0.05, 0.1) is 0 Å². The summed E-state index contributed by atoms with van der Waals surface area (Å²) < 4.78 is 0. The van der Waals surface area contributed by atoms with Crippen LogP contribution in [0.2, 0.25) is 0 Å². The van der Waals surface area contributed by atoms with E-state index in [4.69, 9.17) is 20.6 Å². The minimum Gasteiger partial charge on any atom is -0.508 e. The molecule has 0 amide bonds. The molecule has 0 aromatic heterocycles. The maximum Gasteiger partial charge on any atom is 0.169 e. The van der Waals surface area contributed by atoms with Gasteiger partial charge in [0, 0.05) is 18.1 Å². The monoisotopic (exact) mass is 214 g/mol. The fraction of sp³-hybridized carbons (Fsp3) is 0.125. The number of nitrogens with zero attached hydrogens (tertiary/aromatic N) is 1. The number of amidine groups is 1. The van der Waals surface area contributed by atoms with Crippen LogP contribution in [0.5, 0.6) is 17.2 Å². The Morgan fingerprint density at radius 3 is 2.47 bits per heavy atom. The average Bonchev–Trinajstić information content (AvgIpc) is 2.21. The second-order valence-corrected chi connectivity index (χ2v) is 2.81. The van der Waals surface area contributed by atoms with E-state index in [9.17, 15) is 5.11 Å². The van der Waals surface area contributed by atoms with Crippen molar-refractivity contribution in [3.8, 4) is 17.2 Å². The summed E-state index contributed by atoms with van der Waals surface area (Å²) in [5.74, 6) is -1.45. The van der Waals surface area contributed by atoms with Gasteiger partial charge in [-0.15, -0.1) is 0 Å². The highest BCUT2D eigenvalue weighted by Gasteiger charge is 2.11. The van der Waals surface area contributed by atoms with Gasteiger partial charge in [0.2, 0.25) is 0 Å². The number of nitrogens with one attached hydrogen (secondary N) is 1. The lowest BCUT2D eigenvalue weighted by Gasteiger charge is -2.07. The first kappa shape index (κ1) is 10.9. The van der Waals surface area contributed by atoms with Gasteiger partial charge < -0.3 is 20.5 Å². The Hall–Kier alpha value is -2.15. The molecule has 1 aromatic carbocycles. The van der Waals surface area contributed by atoms with Crippen molar-refractivity contribution in [3.05, 3.63) is 17.7 Å². The topological polar surface area (TPSA) is 126 Å². The molecule has 0 atom stereocenters. The van der Waals surface area contributed by atoms with Crippen molar-refractivity contribution in [1.82, 2.24) is 5.48 Å². The molecule has 0 saturated carbocycles. The highest BCUT2D eigenvalue weighted by molar-refractivity contribution is 5.83. The van der Waals surface area contributed by atoms with E-state index >= 15 is 0 Å². The van der Waals surface area contributed by atoms with Gasteiger partial charge in [0.25, 0.3) is 0 Å². The first-order valence-corrected chi connectivity index (χ1v) is 3.93. The van der Waals surface area contributed by atoms with E-state index in [1.807, 2.05) is 0 Å². The van der Waals surface area contributed by atoms with Crippen molar-refractivity contribution in [2.24, 2.45) is 5.16 Å². The largest absolute Gasteiger partial charge is 0.508 e. The Morgan fingerprint density at radius 2 is 1.93 bits per heavy atom. The molecule has 0 unspecified atom stereocenters. The molecule has 0 saturated heterocycles. The van der Waals surface area contributed by atoms with E-state index in [1.165, 1.54) is 0 Å². The van der Waals surface area contributed by atoms with Crippen LogP contribution >= 0.6 is 0 Å². The lowest BCUT2D eigenvalue weighted by atomic mass is 10.1. The van der Waals surface area contributed by atoms with Gasteiger partial charge in [0.15, 0.2) is 17.3 Å². The summed E-state index contributed by atoms with van der Waals surface area (Å²) in [5, 5.41) is 47.1. The lowest BCUT2D eigenvalue weighted by Crippen LogP contribution is -2.21. The van der Waals surface area contributed by atoms with Crippen LogP contribution in [0.3, 0.4) is 0 Å². The Morgan fingerprint density at radius 1 is 1.27 bits per heavy atom. The van der Waals surface area contributed by atoms with Gasteiger partial charge in [-0.3, -0.25) is 10.7 Å². The molecule has 6 N–H and O–H groups in total. The van der Waals surface area contributed by atoms with Crippen molar-refractivity contribution >= 4 is 5.84 Å². The predicted octanol–water partition coefficient (Wildman–Crippen LogP) is 0.112. The molecule has 1 rings (SSSR count). The molecule has 1 aromatic rings. The van der Waals surface area contributed by atoms with Crippen LogP contribution in [0.1, 0.15) is 5.56 Å². The number of hydrogen-bond donors (Lipinski definition) is 6. The Bertz CT molecular complexity index is 391. The second kappa shape index (κ2) is 4.38. The van der Waals surface area contributed by atoms with Crippen LogP contribution in [0, 0.1) is 0 Å². The van der Waals surface area contributed by atoms with Crippen LogP contribution in [-0.4, -0.2) is 31.6 Å². The molecular formula is C8H10N2O5. The average molecular weight is 214 g/mol. The minimum atomic E-state index is -0.500. The summed E-state index contributed by atoms with van der Waals surface area (Å²) in [6, 6.07) is 2.12. The van der Waals surface area contributed by atoms with E-state index in [0.717, 1.165) is 12.1 Å². The Kier molecular flexibility index (Phi) is 3.19. The van der Waals surface area contributed by atoms with E-state index in [2.05, 4.69) is 5.16 Å². The SMILES string of the molecule is ON=C(Cc1cc(O)cc(O)c1O)NO. The quantitative estimate of drug-likeness (QED) is 0.104. The molecule has 0 heterocycles. The van der Waals surface area contributed by atoms with Crippen molar-refractivity contribution in [3.63, 3.8) is 0 Å². The van der Waals surface area contributed by atoms with E-state index in [1.54, 1.807) is 5.48 Å². The first-order chi connectivity index (χ1) is 7.08. The summed E-state index contributed by atoms with van der Waals surface area (Å²) in [6.45, 7) is 0. The molecule has 0 aliphatic carbocycles. The summed E-state index contributed by atoms with van der Waals surface area (Å²) in [6.07, 6.45) is -0.180. The van der Waals surface area contributed by atoms with Gasteiger partial charge in [0.1, 0.15) is 5.75 Å². The van der Waals surface area contributed by atoms with Crippen LogP contribution < -0.4 is 5.48 Å². The van der Waals surface area contributed by atoms with Gasteiger partial charge in [-0.25, -0.2) is 0 Å². The van der Waals surface area contributed by atoms with Crippen molar-refractivity contribution < 1.29 is 25.7 Å². The van der Waals surface area contributed by atoms with Gasteiger partial charge >= 0.3 is 0 Å². The summed E-state index contributed by atoms with van der Waals surface area (Å²) in [7, 11) is 0. The highest BCUT2D eigenvalue weighted by atomic mass is 16.5. The number of hydroxylamine groups is 1. The lowest BCUT2D eigenvalue weighted by molar-refractivity contribution is 0.220. The molecule has 0 aliphatic rings. The molecule has 0 aliphatic heterocycles. The van der Waals surface area contributed by atoms with Crippen molar-refractivity contribution in [1.29, 1.82) is 0 Å². The Labute approximate surface area is 84.5 Å². The number of benzene rings is 1. The number of phenolic OH excluding ortho intramolecular Hbond substituents is 3. The van der Waals surface area contributed by atoms with Gasteiger partial charge in [-0.2, -0.15) is 0 Å². The predicted molar refractivity (Wildman–Crippen MR) is 49.3 cm³/mol. The van der Waals surface area contributed by atoms with Crippen molar-refractivity contribution in [2.45, 2.75) is 6.42 Å².